The van der Waals surface area contributed by atoms with Crippen LogP contribution in [-0.2, 0) is 25.4 Å². The van der Waals surface area contributed by atoms with E-state index in [1.807, 2.05) is 36.4 Å². The molecular formula is C32H24F6N4S2. The van der Waals surface area contributed by atoms with E-state index in [9.17, 15) is 26.3 Å². The second-order valence-corrected chi connectivity index (χ2v) is 10.7. The maximum atomic E-state index is 12.8. The first-order valence-electron chi connectivity index (χ1n) is 13.2. The Hall–Kier alpha value is -4.42. The van der Waals surface area contributed by atoms with Gasteiger partial charge >= 0.3 is 12.4 Å². The van der Waals surface area contributed by atoms with E-state index in [2.05, 4.69) is 33.4 Å². The second kappa shape index (κ2) is 12.7. The van der Waals surface area contributed by atoms with Gasteiger partial charge in [-0.05, 0) is 118 Å². The number of fused-ring (bicyclic) bond motifs is 2. The van der Waals surface area contributed by atoms with Crippen LogP contribution in [-0.4, -0.2) is 10.2 Å². The zero-order valence-corrected chi connectivity index (χ0v) is 24.4. The van der Waals surface area contributed by atoms with Crippen molar-refractivity contribution >= 4 is 67.6 Å². The van der Waals surface area contributed by atoms with Crippen LogP contribution in [0, 0.1) is 0 Å². The summed E-state index contributed by atoms with van der Waals surface area (Å²) in [6, 6.07) is 25.2. The first-order valence-corrected chi connectivity index (χ1v) is 14.1. The van der Waals surface area contributed by atoms with Crippen LogP contribution in [0.25, 0.3) is 21.5 Å². The zero-order valence-electron chi connectivity index (χ0n) is 22.7. The Morgan fingerprint density at radius 3 is 1.27 bits per heavy atom. The van der Waals surface area contributed by atoms with Crippen molar-refractivity contribution in [2.75, 3.05) is 10.6 Å². The molecule has 0 saturated heterocycles. The Morgan fingerprint density at radius 2 is 0.909 bits per heavy atom. The lowest BCUT2D eigenvalue weighted by molar-refractivity contribution is -0.138. The molecule has 5 rings (SSSR count). The number of halogens is 6. The standard InChI is InChI=1S/C32H24F6N4S2/c33-31(34,35)23-7-11-25(12-8-23)41-29(43)39-17-21-5-1-3-19-15-20-4-2-6-22(28(20)16-27(19)21)18-40-30(44)42-26-13-9-24(10-14-26)32(36,37)38/h1-16H,17-18H2,(H2,39,41,43)(H2,40,42,44). The van der Waals surface area contributed by atoms with Gasteiger partial charge in [0.05, 0.1) is 11.1 Å². The van der Waals surface area contributed by atoms with Crippen molar-refractivity contribution in [2.45, 2.75) is 25.4 Å². The smallest absolute Gasteiger partial charge is 0.358 e. The third-order valence-corrected chi connectivity index (χ3v) is 7.37. The first kappa shape index (κ1) is 31.0. The molecule has 0 radical (unpaired) electrons. The fourth-order valence-electron chi connectivity index (χ4n) is 4.68. The Kier molecular flexibility index (Phi) is 8.93. The number of hydrogen-bond donors (Lipinski definition) is 4. The Morgan fingerprint density at radius 1 is 0.523 bits per heavy atom. The molecule has 0 atom stereocenters. The highest BCUT2D eigenvalue weighted by atomic mass is 32.1. The van der Waals surface area contributed by atoms with Crippen LogP contribution in [0.15, 0.2) is 97.1 Å². The summed E-state index contributed by atoms with van der Waals surface area (Å²) in [6.07, 6.45) is -8.83. The summed E-state index contributed by atoms with van der Waals surface area (Å²) in [5.41, 5.74) is 1.31. The SMILES string of the molecule is FC(F)(F)c1ccc(NC(=S)NCc2cccc3cc4cccc(CNC(=S)Nc5ccc(C(F)(F)F)cc5)c4cc23)cc1. The van der Waals surface area contributed by atoms with Gasteiger partial charge in [-0.2, -0.15) is 26.3 Å². The average Bonchev–Trinajstić information content (AvgIpc) is 2.97. The van der Waals surface area contributed by atoms with Gasteiger partial charge in [-0.25, -0.2) is 0 Å². The van der Waals surface area contributed by atoms with Crippen molar-refractivity contribution in [3.63, 3.8) is 0 Å². The predicted octanol–water partition coefficient (Wildman–Crippen LogP) is 9.00. The third-order valence-electron chi connectivity index (χ3n) is 6.88. The van der Waals surface area contributed by atoms with E-state index < -0.39 is 23.5 Å². The fraction of sp³-hybridized carbons (Fsp3) is 0.125. The van der Waals surface area contributed by atoms with E-state index >= 15 is 0 Å². The van der Waals surface area contributed by atoms with Gasteiger partial charge in [0.2, 0.25) is 0 Å². The normalized spacial score (nSPS) is 11.8. The lowest BCUT2D eigenvalue weighted by atomic mass is 9.97. The minimum Gasteiger partial charge on any atom is -0.358 e. The van der Waals surface area contributed by atoms with E-state index in [-0.39, 0.29) is 10.2 Å². The molecule has 4 N–H and O–H groups in total. The van der Waals surface area contributed by atoms with Crippen LogP contribution in [0.3, 0.4) is 0 Å². The minimum atomic E-state index is -4.41. The molecule has 0 aliphatic rings. The van der Waals surface area contributed by atoms with Crippen molar-refractivity contribution < 1.29 is 26.3 Å². The van der Waals surface area contributed by atoms with Crippen molar-refractivity contribution in [3.05, 3.63) is 119 Å². The number of nitrogens with one attached hydrogen (secondary N) is 4. The molecule has 0 heterocycles. The maximum absolute atomic E-state index is 12.8. The minimum absolute atomic E-state index is 0.265. The molecule has 5 aromatic carbocycles. The first-order chi connectivity index (χ1) is 20.9. The van der Waals surface area contributed by atoms with Crippen molar-refractivity contribution in [1.82, 2.24) is 10.6 Å². The summed E-state index contributed by atoms with van der Waals surface area (Å²) in [5.74, 6) is 0. The molecule has 0 unspecified atom stereocenters. The number of hydrogen-bond acceptors (Lipinski definition) is 2. The maximum Gasteiger partial charge on any atom is 0.416 e. The summed E-state index contributed by atoms with van der Waals surface area (Å²) in [7, 11) is 0. The van der Waals surface area contributed by atoms with Crippen LogP contribution >= 0.6 is 24.4 Å². The monoisotopic (exact) mass is 642 g/mol. The molecule has 0 aliphatic heterocycles. The molecule has 0 amide bonds. The molecule has 0 aromatic heterocycles. The Bertz CT molecular complexity index is 1690. The Labute approximate surface area is 259 Å². The highest BCUT2D eigenvalue weighted by Gasteiger charge is 2.30. The number of alkyl halides is 6. The van der Waals surface area contributed by atoms with E-state index in [1.165, 1.54) is 24.3 Å². The van der Waals surface area contributed by atoms with Crippen molar-refractivity contribution in [2.24, 2.45) is 0 Å². The molecule has 0 fully saturated rings. The summed E-state index contributed by atoms with van der Waals surface area (Å²) >= 11 is 10.7. The van der Waals surface area contributed by atoms with Gasteiger partial charge in [-0.3, -0.25) is 0 Å². The molecule has 5 aromatic rings. The lowest BCUT2D eigenvalue weighted by Crippen LogP contribution is -2.28. The molecule has 44 heavy (non-hydrogen) atoms. The number of benzene rings is 5. The van der Waals surface area contributed by atoms with Gasteiger partial charge in [0, 0.05) is 24.5 Å². The van der Waals surface area contributed by atoms with Crippen LogP contribution in [0.2, 0.25) is 0 Å². The zero-order chi connectivity index (χ0) is 31.5. The number of anilines is 2. The summed E-state index contributed by atoms with van der Waals surface area (Å²) < 4.78 is 77.0. The van der Waals surface area contributed by atoms with Crippen molar-refractivity contribution in [3.8, 4) is 0 Å². The van der Waals surface area contributed by atoms with Gasteiger partial charge in [0.15, 0.2) is 10.2 Å². The summed E-state index contributed by atoms with van der Waals surface area (Å²) in [5, 5.41) is 16.6. The van der Waals surface area contributed by atoms with E-state index in [4.69, 9.17) is 24.4 Å². The van der Waals surface area contributed by atoms with Gasteiger partial charge in [0.25, 0.3) is 0 Å². The topological polar surface area (TPSA) is 48.1 Å². The van der Waals surface area contributed by atoms with E-state index in [1.54, 1.807) is 0 Å². The average molecular weight is 643 g/mol. The van der Waals surface area contributed by atoms with Crippen molar-refractivity contribution in [1.29, 1.82) is 0 Å². The molecule has 12 heteroatoms. The van der Waals surface area contributed by atoms with Crippen LogP contribution in [0.1, 0.15) is 22.3 Å². The summed E-state index contributed by atoms with van der Waals surface area (Å²) in [4.78, 5) is 0. The van der Waals surface area contributed by atoms with Gasteiger partial charge in [0.1, 0.15) is 0 Å². The second-order valence-electron chi connectivity index (χ2n) is 9.89. The molecular weight excluding hydrogens is 619 g/mol. The lowest BCUT2D eigenvalue weighted by Gasteiger charge is -2.15. The summed E-state index contributed by atoms with van der Waals surface area (Å²) in [6.45, 7) is 0.744. The Balaban J connectivity index is 1.27. The number of thiocarbonyl (C=S) groups is 2. The van der Waals surface area contributed by atoms with Gasteiger partial charge in [-0.15, -0.1) is 0 Å². The van der Waals surface area contributed by atoms with Crippen LogP contribution < -0.4 is 21.3 Å². The molecule has 0 saturated carbocycles. The van der Waals surface area contributed by atoms with E-state index in [0.717, 1.165) is 56.9 Å². The highest BCUT2D eigenvalue weighted by Crippen LogP contribution is 2.31. The van der Waals surface area contributed by atoms with Gasteiger partial charge < -0.3 is 21.3 Å². The molecule has 0 bridgehead atoms. The molecule has 0 aliphatic carbocycles. The molecule has 4 nitrogen and oxygen atoms in total. The fourth-order valence-corrected chi connectivity index (χ4v) is 5.06. The largest absolute Gasteiger partial charge is 0.416 e. The quantitative estimate of drug-likeness (QED) is 0.0843. The van der Waals surface area contributed by atoms with Crippen LogP contribution in [0.4, 0.5) is 37.7 Å². The predicted molar refractivity (Wildman–Crippen MR) is 170 cm³/mol. The van der Waals surface area contributed by atoms with Crippen LogP contribution in [0.5, 0.6) is 0 Å². The third kappa shape index (κ3) is 7.56. The number of rotatable bonds is 6. The molecule has 0 spiro atoms. The van der Waals surface area contributed by atoms with Gasteiger partial charge in [-0.1, -0.05) is 36.4 Å². The van der Waals surface area contributed by atoms with E-state index in [0.29, 0.717) is 24.5 Å². The molecule has 226 valence electrons. The highest BCUT2D eigenvalue weighted by molar-refractivity contribution is 7.80.